The summed E-state index contributed by atoms with van der Waals surface area (Å²) in [5, 5.41) is 19.1. The van der Waals surface area contributed by atoms with E-state index in [1.807, 2.05) is 24.3 Å². The molecule has 1 aromatic carbocycles. The van der Waals surface area contributed by atoms with Crippen molar-refractivity contribution in [1.82, 2.24) is 14.8 Å². The van der Waals surface area contributed by atoms with Gasteiger partial charge in [-0.25, -0.2) is 0 Å². The minimum atomic E-state index is 0.457. The van der Waals surface area contributed by atoms with Gasteiger partial charge in [-0.3, -0.25) is 0 Å². The molecule has 0 spiro atoms. The molecule has 0 saturated carbocycles. The summed E-state index contributed by atoms with van der Waals surface area (Å²) >= 11 is 0. The van der Waals surface area contributed by atoms with Crippen LogP contribution in [-0.2, 0) is 13.0 Å². The molecule has 3 heterocycles. The van der Waals surface area contributed by atoms with Crippen LogP contribution in [0.15, 0.2) is 28.7 Å². The van der Waals surface area contributed by atoms with Crippen LogP contribution in [0.3, 0.4) is 0 Å². The van der Waals surface area contributed by atoms with Crippen LogP contribution in [0, 0.1) is 11.3 Å². The lowest BCUT2D eigenvalue weighted by molar-refractivity contribution is 0.410. The molecule has 6 nitrogen and oxygen atoms in total. The van der Waals surface area contributed by atoms with Crippen molar-refractivity contribution < 1.29 is 9.15 Å². The van der Waals surface area contributed by atoms with E-state index >= 15 is 0 Å². The molecule has 6 heteroatoms. The Morgan fingerprint density at radius 1 is 1.32 bits per heavy atom. The standard InChI is InChI=1S/C19H18N4O2/c1-24-16-7-5-6-13-10-15(25-18(13)16)11-14(12-20)19-22-21-17-8-3-2-4-9-23(17)19/h5-7,10-11H,2-4,8-9H2,1H3/b14-11-. The highest BCUT2D eigenvalue weighted by atomic mass is 16.5. The molecule has 2 aromatic heterocycles. The Morgan fingerprint density at radius 2 is 2.24 bits per heavy atom. The molecule has 0 bridgehead atoms. The van der Waals surface area contributed by atoms with Crippen molar-refractivity contribution in [3.63, 3.8) is 0 Å². The molecule has 4 rings (SSSR count). The van der Waals surface area contributed by atoms with Gasteiger partial charge in [-0.1, -0.05) is 18.6 Å². The maximum absolute atomic E-state index is 9.64. The predicted octanol–water partition coefficient (Wildman–Crippen LogP) is 3.82. The number of furan rings is 1. The third-order valence-corrected chi connectivity index (χ3v) is 4.50. The van der Waals surface area contributed by atoms with E-state index in [4.69, 9.17) is 9.15 Å². The van der Waals surface area contributed by atoms with Gasteiger partial charge in [-0.05, 0) is 25.0 Å². The highest BCUT2D eigenvalue weighted by Crippen LogP contribution is 2.30. The molecule has 25 heavy (non-hydrogen) atoms. The van der Waals surface area contributed by atoms with Gasteiger partial charge >= 0.3 is 0 Å². The quantitative estimate of drug-likeness (QED) is 0.680. The fourth-order valence-electron chi connectivity index (χ4n) is 3.26. The Morgan fingerprint density at radius 3 is 3.08 bits per heavy atom. The molecule has 1 aliphatic heterocycles. The number of para-hydroxylation sites is 1. The number of nitriles is 1. The smallest absolute Gasteiger partial charge is 0.176 e. The predicted molar refractivity (Wildman–Crippen MR) is 93.8 cm³/mol. The zero-order chi connectivity index (χ0) is 17.2. The van der Waals surface area contributed by atoms with Crippen molar-refractivity contribution >= 4 is 22.6 Å². The first-order valence-electron chi connectivity index (χ1n) is 8.41. The Hall–Kier alpha value is -3.07. The van der Waals surface area contributed by atoms with Gasteiger partial charge in [0.25, 0.3) is 0 Å². The van der Waals surface area contributed by atoms with E-state index in [2.05, 4.69) is 20.8 Å². The number of allylic oxidation sites excluding steroid dienone is 1. The first-order valence-corrected chi connectivity index (χ1v) is 8.41. The molecule has 0 N–H and O–H groups in total. The van der Waals surface area contributed by atoms with E-state index in [1.54, 1.807) is 13.2 Å². The van der Waals surface area contributed by atoms with Gasteiger partial charge < -0.3 is 13.7 Å². The second-order valence-electron chi connectivity index (χ2n) is 6.10. The van der Waals surface area contributed by atoms with E-state index in [0.717, 1.165) is 37.0 Å². The minimum Gasteiger partial charge on any atom is -0.493 e. The van der Waals surface area contributed by atoms with Gasteiger partial charge in [-0.2, -0.15) is 5.26 Å². The zero-order valence-electron chi connectivity index (χ0n) is 14.0. The van der Waals surface area contributed by atoms with Crippen LogP contribution in [0.2, 0.25) is 0 Å². The van der Waals surface area contributed by atoms with Crippen LogP contribution in [0.4, 0.5) is 0 Å². The van der Waals surface area contributed by atoms with Crippen molar-refractivity contribution in [2.75, 3.05) is 7.11 Å². The van der Waals surface area contributed by atoms with E-state index in [-0.39, 0.29) is 0 Å². The van der Waals surface area contributed by atoms with Crippen LogP contribution in [0.1, 0.15) is 36.7 Å². The van der Waals surface area contributed by atoms with Crippen molar-refractivity contribution in [2.24, 2.45) is 0 Å². The van der Waals surface area contributed by atoms with Crippen LogP contribution in [0.5, 0.6) is 5.75 Å². The molecule has 0 unspecified atom stereocenters. The first kappa shape index (κ1) is 15.5. The number of hydrogen-bond donors (Lipinski definition) is 0. The first-order chi connectivity index (χ1) is 12.3. The summed E-state index contributed by atoms with van der Waals surface area (Å²) in [4.78, 5) is 0. The number of nitrogens with zero attached hydrogens (tertiary/aromatic N) is 4. The highest BCUT2D eigenvalue weighted by molar-refractivity contribution is 5.90. The Balaban J connectivity index is 1.77. The van der Waals surface area contributed by atoms with Crippen molar-refractivity contribution in [3.8, 4) is 11.8 Å². The monoisotopic (exact) mass is 334 g/mol. The number of hydrogen-bond acceptors (Lipinski definition) is 5. The molecule has 126 valence electrons. The molecule has 0 fully saturated rings. The highest BCUT2D eigenvalue weighted by Gasteiger charge is 2.18. The molecular formula is C19H18N4O2. The second kappa shape index (κ2) is 6.44. The molecule has 0 aliphatic carbocycles. The van der Waals surface area contributed by atoms with Crippen LogP contribution >= 0.6 is 0 Å². The Kier molecular flexibility index (Phi) is 3.98. The summed E-state index contributed by atoms with van der Waals surface area (Å²) < 4.78 is 13.3. The molecule has 0 amide bonds. The molecular weight excluding hydrogens is 316 g/mol. The fraction of sp³-hybridized carbons (Fsp3) is 0.316. The summed E-state index contributed by atoms with van der Waals surface area (Å²) in [5.74, 6) is 2.85. The SMILES string of the molecule is COc1cccc2cc(/C=C(/C#N)c3nnc4n3CCCCC4)oc12. The van der Waals surface area contributed by atoms with Gasteiger partial charge in [0.05, 0.1) is 7.11 Å². The topological polar surface area (TPSA) is 76.9 Å². The maximum atomic E-state index is 9.64. The van der Waals surface area contributed by atoms with Gasteiger partial charge in [0.2, 0.25) is 0 Å². The lowest BCUT2D eigenvalue weighted by atomic mass is 10.2. The third-order valence-electron chi connectivity index (χ3n) is 4.50. The summed E-state index contributed by atoms with van der Waals surface area (Å²) in [6.07, 6.45) is 6.01. The normalized spacial score (nSPS) is 14.8. The summed E-state index contributed by atoms with van der Waals surface area (Å²) in [6, 6.07) is 9.85. The van der Waals surface area contributed by atoms with Crippen molar-refractivity contribution in [3.05, 3.63) is 41.7 Å². The number of aryl methyl sites for hydroxylation is 1. The van der Waals surface area contributed by atoms with Crippen molar-refractivity contribution in [1.29, 1.82) is 5.26 Å². The number of aromatic nitrogens is 3. The van der Waals surface area contributed by atoms with Gasteiger partial charge in [-0.15, -0.1) is 10.2 Å². The molecule has 0 saturated heterocycles. The molecule has 3 aromatic rings. The molecule has 1 aliphatic rings. The number of ether oxygens (including phenoxy) is 1. The van der Waals surface area contributed by atoms with Gasteiger partial charge in [0, 0.05) is 24.4 Å². The van der Waals surface area contributed by atoms with E-state index in [0.29, 0.717) is 28.5 Å². The second-order valence-corrected chi connectivity index (χ2v) is 6.10. The average Bonchev–Trinajstić information content (AvgIpc) is 3.15. The largest absolute Gasteiger partial charge is 0.493 e. The minimum absolute atomic E-state index is 0.457. The van der Waals surface area contributed by atoms with Crippen LogP contribution in [-0.4, -0.2) is 21.9 Å². The van der Waals surface area contributed by atoms with E-state index in [1.165, 1.54) is 6.42 Å². The van der Waals surface area contributed by atoms with E-state index < -0.39 is 0 Å². The maximum Gasteiger partial charge on any atom is 0.176 e. The number of benzene rings is 1. The fourth-order valence-corrected chi connectivity index (χ4v) is 3.26. The third kappa shape index (κ3) is 2.78. The lowest BCUT2D eigenvalue weighted by Crippen LogP contribution is -2.05. The summed E-state index contributed by atoms with van der Waals surface area (Å²) in [7, 11) is 1.61. The Bertz CT molecular complexity index is 991. The van der Waals surface area contributed by atoms with Gasteiger partial charge in [0.1, 0.15) is 23.2 Å². The summed E-state index contributed by atoms with van der Waals surface area (Å²) in [5.41, 5.74) is 1.13. The van der Waals surface area contributed by atoms with E-state index in [9.17, 15) is 5.26 Å². The van der Waals surface area contributed by atoms with Gasteiger partial charge in [0.15, 0.2) is 17.2 Å². The Labute approximate surface area is 145 Å². The number of methoxy groups -OCH3 is 1. The summed E-state index contributed by atoms with van der Waals surface area (Å²) in [6.45, 7) is 0.852. The molecule has 0 atom stereocenters. The average molecular weight is 334 g/mol. The van der Waals surface area contributed by atoms with Crippen LogP contribution in [0.25, 0.3) is 22.6 Å². The number of fused-ring (bicyclic) bond motifs is 2. The molecule has 0 radical (unpaired) electrons. The number of rotatable bonds is 3. The van der Waals surface area contributed by atoms with Crippen molar-refractivity contribution in [2.45, 2.75) is 32.2 Å². The zero-order valence-corrected chi connectivity index (χ0v) is 14.0. The van der Waals surface area contributed by atoms with Crippen LogP contribution < -0.4 is 4.74 Å². The lowest BCUT2D eigenvalue weighted by Gasteiger charge is -2.05.